The van der Waals surface area contributed by atoms with Crippen LogP contribution in [0.4, 0.5) is 0 Å². The summed E-state index contributed by atoms with van der Waals surface area (Å²) in [6.07, 6.45) is 0. The van der Waals surface area contributed by atoms with Gasteiger partial charge < -0.3 is 4.74 Å². The lowest BCUT2D eigenvalue weighted by molar-refractivity contribution is 0.0978. The van der Waals surface area contributed by atoms with Crippen LogP contribution in [0.5, 0.6) is 5.75 Å². The molecule has 1 unspecified atom stereocenters. The van der Waals surface area contributed by atoms with Crippen molar-refractivity contribution in [3.05, 3.63) is 64.2 Å². The van der Waals surface area contributed by atoms with Crippen LogP contribution in [0, 0.1) is 18.3 Å². The van der Waals surface area contributed by atoms with Crippen LogP contribution in [0.15, 0.2) is 42.5 Å². The van der Waals surface area contributed by atoms with Crippen LogP contribution in [-0.4, -0.2) is 12.9 Å². The van der Waals surface area contributed by atoms with E-state index in [1.54, 1.807) is 56.5 Å². The normalized spacial score (nSPS) is 11.5. The van der Waals surface area contributed by atoms with Crippen LogP contribution < -0.4 is 4.74 Å². The number of ketones is 1. The molecule has 3 nitrogen and oxygen atoms in total. The van der Waals surface area contributed by atoms with E-state index in [1.807, 2.05) is 0 Å². The molecule has 0 spiro atoms. The van der Waals surface area contributed by atoms with Gasteiger partial charge in [0.05, 0.1) is 13.2 Å². The standard InChI is InChI=1S/C17H14ClNO2/c1-11-14(4-3-5-16(11)18)17(20)15(10-19)12-6-8-13(21-2)9-7-12/h3-9,15H,1-2H3. The third-order valence-electron chi connectivity index (χ3n) is 3.37. The number of halogens is 1. The van der Waals surface area contributed by atoms with Crippen molar-refractivity contribution in [3.63, 3.8) is 0 Å². The van der Waals surface area contributed by atoms with Crippen molar-refractivity contribution in [3.8, 4) is 11.8 Å². The summed E-state index contributed by atoms with van der Waals surface area (Å²) < 4.78 is 5.08. The van der Waals surface area contributed by atoms with Gasteiger partial charge in [0, 0.05) is 10.6 Å². The molecule has 0 saturated heterocycles. The Hall–Kier alpha value is -2.31. The largest absolute Gasteiger partial charge is 0.497 e. The van der Waals surface area contributed by atoms with Gasteiger partial charge in [0.15, 0.2) is 5.78 Å². The summed E-state index contributed by atoms with van der Waals surface area (Å²) >= 11 is 6.04. The van der Waals surface area contributed by atoms with Gasteiger partial charge in [0.1, 0.15) is 11.7 Å². The summed E-state index contributed by atoms with van der Waals surface area (Å²) in [6.45, 7) is 1.78. The quantitative estimate of drug-likeness (QED) is 0.797. The molecule has 0 saturated carbocycles. The zero-order valence-electron chi connectivity index (χ0n) is 11.8. The Labute approximate surface area is 128 Å². The number of carbonyl (C=O) groups excluding carboxylic acids is 1. The lowest BCUT2D eigenvalue weighted by Crippen LogP contribution is -2.12. The van der Waals surface area contributed by atoms with Crippen molar-refractivity contribution in [1.29, 1.82) is 5.26 Å². The molecule has 0 bridgehead atoms. The highest BCUT2D eigenvalue weighted by molar-refractivity contribution is 6.32. The molecule has 0 amide bonds. The van der Waals surface area contributed by atoms with E-state index in [2.05, 4.69) is 6.07 Å². The van der Waals surface area contributed by atoms with Gasteiger partial charge in [-0.15, -0.1) is 0 Å². The highest BCUT2D eigenvalue weighted by Crippen LogP contribution is 2.26. The summed E-state index contributed by atoms with van der Waals surface area (Å²) in [5.41, 5.74) is 1.81. The van der Waals surface area contributed by atoms with E-state index in [-0.39, 0.29) is 5.78 Å². The molecule has 0 fully saturated rings. The Morgan fingerprint density at radius 1 is 1.24 bits per heavy atom. The zero-order valence-corrected chi connectivity index (χ0v) is 12.5. The Morgan fingerprint density at radius 3 is 2.48 bits per heavy atom. The van der Waals surface area contributed by atoms with Crippen LogP contribution >= 0.6 is 11.6 Å². The summed E-state index contributed by atoms with van der Waals surface area (Å²) in [4.78, 5) is 12.6. The predicted molar refractivity (Wildman–Crippen MR) is 81.9 cm³/mol. The number of rotatable bonds is 4. The van der Waals surface area contributed by atoms with E-state index in [1.165, 1.54) is 0 Å². The SMILES string of the molecule is COc1ccc(C(C#N)C(=O)c2cccc(Cl)c2C)cc1. The Kier molecular flexibility index (Phi) is 4.62. The van der Waals surface area contributed by atoms with E-state index in [0.717, 1.165) is 0 Å². The number of benzene rings is 2. The van der Waals surface area contributed by atoms with Crippen molar-refractivity contribution < 1.29 is 9.53 Å². The first-order valence-corrected chi connectivity index (χ1v) is 6.79. The predicted octanol–water partition coefficient (Wildman–Crippen LogP) is 4.15. The fourth-order valence-electron chi connectivity index (χ4n) is 2.11. The average Bonchev–Trinajstić information content (AvgIpc) is 2.51. The first-order valence-electron chi connectivity index (χ1n) is 6.41. The second kappa shape index (κ2) is 6.43. The van der Waals surface area contributed by atoms with E-state index in [0.29, 0.717) is 27.5 Å². The van der Waals surface area contributed by atoms with Crippen LogP contribution in [0.1, 0.15) is 27.4 Å². The Morgan fingerprint density at radius 2 is 1.90 bits per heavy atom. The summed E-state index contributed by atoms with van der Waals surface area (Å²) in [5.74, 6) is -0.419. The van der Waals surface area contributed by atoms with Crippen molar-refractivity contribution in [2.45, 2.75) is 12.8 Å². The minimum Gasteiger partial charge on any atom is -0.497 e. The van der Waals surface area contributed by atoms with Crippen molar-refractivity contribution in [2.75, 3.05) is 7.11 Å². The van der Waals surface area contributed by atoms with Gasteiger partial charge in [-0.05, 0) is 36.2 Å². The molecule has 2 aromatic carbocycles. The maximum atomic E-state index is 12.6. The number of ether oxygens (including phenoxy) is 1. The highest BCUT2D eigenvalue weighted by Gasteiger charge is 2.23. The fourth-order valence-corrected chi connectivity index (χ4v) is 2.29. The lowest BCUT2D eigenvalue weighted by Gasteiger charge is -2.12. The van der Waals surface area contributed by atoms with Crippen LogP contribution in [0.25, 0.3) is 0 Å². The van der Waals surface area contributed by atoms with Crippen LogP contribution in [0.3, 0.4) is 0 Å². The topological polar surface area (TPSA) is 50.1 Å². The van der Waals surface area contributed by atoms with E-state index >= 15 is 0 Å². The van der Waals surface area contributed by atoms with Gasteiger partial charge in [0.25, 0.3) is 0 Å². The minimum absolute atomic E-state index is 0.248. The maximum Gasteiger partial charge on any atom is 0.184 e. The number of Topliss-reactive ketones (excluding diaryl/α,β-unsaturated/α-hetero) is 1. The number of hydrogen-bond donors (Lipinski definition) is 0. The molecule has 0 aliphatic carbocycles. The Bertz CT molecular complexity index is 702. The number of nitrogens with zero attached hydrogens (tertiary/aromatic N) is 1. The number of nitriles is 1. The van der Waals surface area contributed by atoms with E-state index < -0.39 is 5.92 Å². The van der Waals surface area contributed by atoms with Gasteiger partial charge in [-0.3, -0.25) is 4.79 Å². The van der Waals surface area contributed by atoms with Crippen molar-refractivity contribution in [2.24, 2.45) is 0 Å². The molecule has 0 aliphatic heterocycles. The summed E-state index contributed by atoms with van der Waals surface area (Å²) in [7, 11) is 1.57. The molecule has 106 valence electrons. The highest BCUT2D eigenvalue weighted by atomic mass is 35.5. The minimum atomic E-state index is -0.854. The molecule has 0 radical (unpaired) electrons. The molecule has 21 heavy (non-hydrogen) atoms. The number of carbonyl (C=O) groups is 1. The second-order valence-corrected chi connectivity index (χ2v) is 5.02. The van der Waals surface area contributed by atoms with Gasteiger partial charge in [-0.2, -0.15) is 5.26 Å². The summed E-state index contributed by atoms with van der Waals surface area (Å²) in [5, 5.41) is 9.88. The Balaban J connectivity index is 2.39. The molecule has 2 rings (SSSR count). The van der Waals surface area contributed by atoms with Crippen LogP contribution in [-0.2, 0) is 0 Å². The first kappa shape index (κ1) is 15.1. The third kappa shape index (κ3) is 3.07. The first-order chi connectivity index (χ1) is 10.1. The molecule has 4 heteroatoms. The molecule has 2 aromatic rings. The van der Waals surface area contributed by atoms with Crippen molar-refractivity contribution >= 4 is 17.4 Å². The van der Waals surface area contributed by atoms with E-state index in [9.17, 15) is 10.1 Å². The smallest absolute Gasteiger partial charge is 0.184 e. The van der Waals surface area contributed by atoms with Crippen molar-refractivity contribution in [1.82, 2.24) is 0 Å². The monoisotopic (exact) mass is 299 g/mol. The molecule has 0 heterocycles. The summed E-state index contributed by atoms with van der Waals surface area (Å²) in [6, 6.07) is 14.1. The lowest BCUT2D eigenvalue weighted by atomic mass is 9.90. The van der Waals surface area contributed by atoms with Gasteiger partial charge in [-0.1, -0.05) is 35.9 Å². The molecule has 0 N–H and O–H groups in total. The maximum absolute atomic E-state index is 12.6. The van der Waals surface area contributed by atoms with Gasteiger partial charge in [0.2, 0.25) is 0 Å². The molecule has 0 aliphatic rings. The third-order valence-corrected chi connectivity index (χ3v) is 3.78. The zero-order chi connectivity index (χ0) is 15.4. The molecule has 1 atom stereocenters. The number of methoxy groups -OCH3 is 1. The fraction of sp³-hybridized carbons (Fsp3) is 0.176. The number of hydrogen-bond acceptors (Lipinski definition) is 3. The van der Waals surface area contributed by atoms with Crippen LogP contribution in [0.2, 0.25) is 5.02 Å². The molecular weight excluding hydrogens is 286 g/mol. The second-order valence-electron chi connectivity index (χ2n) is 4.61. The van der Waals surface area contributed by atoms with Gasteiger partial charge in [-0.25, -0.2) is 0 Å². The van der Waals surface area contributed by atoms with E-state index in [4.69, 9.17) is 16.3 Å². The molecular formula is C17H14ClNO2. The average molecular weight is 300 g/mol. The van der Waals surface area contributed by atoms with Gasteiger partial charge >= 0.3 is 0 Å². The molecule has 0 aromatic heterocycles.